The molecule has 3 rings (SSSR count). The second-order valence-electron chi connectivity index (χ2n) is 8.08. The first-order valence-electron chi connectivity index (χ1n) is 10.1. The lowest BCUT2D eigenvalue weighted by atomic mass is 9.97. The summed E-state index contributed by atoms with van der Waals surface area (Å²) in [6.45, 7) is 3.34. The van der Waals surface area contributed by atoms with Crippen molar-refractivity contribution in [1.82, 2.24) is 20.4 Å². The number of likely N-dealkylation sites (N-methyl/N-ethyl adjacent to an activating group) is 1. The third-order valence-electron chi connectivity index (χ3n) is 5.61. The van der Waals surface area contributed by atoms with E-state index in [1.807, 2.05) is 43.3 Å². The standard InChI is InChI=1S/C21H30N4O4/c1-15(25-19(27)21(23-20(25)28)10-4-5-11-21)18(26)22-14-16-6-8-17(9-7-16)29-13-12-24(2)3/h6-9,15H,4-5,10-14H2,1-3H3,(H,22,26)(H,23,28). The molecule has 158 valence electrons. The summed E-state index contributed by atoms with van der Waals surface area (Å²) in [6, 6.07) is 6.17. The molecule has 4 amide bonds. The van der Waals surface area contributed by atoms with Gasteiger partial charge in [0, 0.05) is 13.1 Å². The van der Waals surface area contributed by atoms with Gasteiger partial charge in [0.25, 0.3) is 5.91 Å². The molecule has 29 heavy (non-hydrogen) atoms. The van der Waals surface area contributed by atoms with Gasteiger partial charge in [-0.25, -0.2) is 9.69 Å². The van der Waals surface area contributed by atoms with Crippen LogP contribution in [0.15, 0.2) is 24.3 Å². The predicted octanol–water partition coefficient (Wildman–Crippen LogP) is 1.50. The first kappa shape index (κ1) is 21.1. The van der Waals surface area contributed by atoms with Crippen molar-refractivity contribution in [3.8, 4) is 5.75 Å². The quantitative estimate of drug-likeness (QED) is 0.643. The van der Waals surface area contributed by atoms with Gasteiger partial charge in [-0.1, -0.05) is 25.0 Å². The van der Waals surface area contributed by atoms with Crippen LogP contribution in [-0.4, -0.2) is 66.5 Å². The van der Waals surface area contributed by atoms with E-state index in [1.165, 1.54) is 0 Å². The van der Waals surface area contributed by atoms with Crippen molar-refractivity contribution >= 4 is 17.8 Å². The van der Waals surface area contributed by atoms with Crippen molar-refractivity contribution in [3.05, 3.63) is 29.8 Å². The zero-order chi connectivity index (χ0) is 21.0. The highest BCUT2D eigenvalue weighted by Crippen LogP contribution is 2.35. The van der Waals surface area contributed by atoms with Gasteiger partial charge in [0.15, 0.2) is 0 Å². The Balaban J connectivity index is 1.51. The molecule has 1 saturated carbocycles. The fourth-order valence-electron chi connectivity index (χ4n) is 3.81. The van der Waals surface area contributed by atoms with Crippen molar-refractivity contribution in [1.29, 1.82) is 0 Å². The summed E-state index contributed by atoms with van der Waals surface area (Å²) in [5.41, 5.74) is 0.114. The Hall–Kier alpha value is -2.61. The van der Waals surface area contributed by atoms with Gasteiger partial charge in [0.05, 0.1) is 0 Å². The van der Waals surface area contributed by atoms with Crippen LogP contribution in [0.2, 0.25) is 0 Å². The van der Waals surface area contributed by atoms with Crippen molar-refractivity contribution < 1.29 is 19.1 Å². The number of rotatable bonds is 8. The summed E-state index contributed by atoms with van der Waals surface area (Å²) in [5.74, 6) is 0.147. The van der Waals surface area contributed by atoms with Crippen LogP contribution >= 0.6 is 0 Å². The molecule has 1 aliphatic carbocycles. The zero-order valence-corrected chi connectivity index (χ0v) is 17.4. The number of ether oxygens (including phenoxy) is 1. The van der Waals surface area contributed by atoms with E-state index >= 15 is 0 Å². The summed E-state index contributed by atoms with van der Waals surface area (Å²) in [6.07, 6.45) is 3.11. The highest BCUT2D eigenvalue weighted by molar-refractivity contribution is 6.09. The highest BCUT2D eigenvalue weighted by atomic mass is 16.5. The maximum absolute atomic E-state index is 12.8. The van der Waals surface area contributed by atoms with Gasteiger partial charge in [-0.15, -0.1) is 0 Å². The van der Waals surface area contributed by atoms with Crippen molar-refractivity contribution in [2.24, 2.45) is 0 Å². The Bertz CT molecular complexity index is 756. The summed E-state index contributed by atoms with van der Waals surface area (Å²) in [7, 11) is 3.98. The van der Waals surface area contributed by atoms with Crippen LogP contribution < -0.4 is 15.4 Å². The van der Waals surface area contributed by atoms with Gasteiger partial charge in [-0.05, 0) is 51.6 Å². The van der Waals surface area contributed by atoms with Crippen LogP contribution in [0.25, 0.3) is 0 Å². The lowest BCUT2D eigenvalue weighted by Crippen LogP contribution is -2.49. The Kier molecular flexibility index (Phi) is 6.42. The fourth-order valence-corrected chi connectivity index (χ4v) is 3.81. The monoisotopic (exact) mass is 402 g/mol. The predicted molar refractivity (Wildman–Crippen MR) is 108 cm³/mol. The minimum Gasteiger partial charge on any atom is -0.492 e. The van der Waals surface area contributed by atoms with Crippen LogP contribution in [0, 0.1) is 0 Å². The average molecular weight is 402 g/mol. The Morgan fingerprint density at radius 3 is 2.52 bits per heavy atom. The van der Waals surface area contributed by atoms with E-state index in [0.29, 0.717) is 26.0 Å². The number of hydrogen-bond donors (Lipinski definition) is 2. The van der Waals surface area contributed by atoms with E-state index in [2.05, 4.69) is 10.6 Å². The van der Waals surface area contributed by atoms with Crippen LogP contribution in [0.3, 0.4) is 0 Å². The number of nitrogens with one attached hydrogen (secondary N) is 2. The molecule has 0 bridgehead atoms. The SMILES string of the molecule is CC(C(=O)NCc1ccc(OCCN(C)C)cc1)N1C(=O)NC2(CCCC2)C1=O. The molecule has 1 spiro atoms. The van der Waals surface area contributed by atoms with E-state index < -0.39 is 17.6 Å². The maximum Gasteiger partial charge on any atom is 0.325 e. The van der Waals surface area contributed by atoms with Crippen LogP contribution in [0.4, 0.5) is 4.79 Å². The van der Waals surface area contributed by atoms with E-state index in [9.17, 15) is 14.4 Å². The normalized spacial score (nSPS) is 19.0. The average Bonchev–Trinajstić information content (AvgIpc) is 3.25. The maximum atomic E-state index is 12.8. The molecule has 1 aliphatic heterocycles. The number of nitrogens with zero attached hydrogens (tertiary/aromatic N) is 2. The third-order valence-corrected chi connectivity index (χ3v) is 5.61. The molecule has 1 unspecified atom stereocenters. The summed E-state index contributed by atoms with van der Waals surface area (Å²) >= 11 is 0. The van der Waals surface area contributed by atoms with Gasteiger partial charge in [0.2, 0.25) is 5.91 Å². The number of imide groups is 1. The lowest BCUT2D eigenvalue weighted by Gasteiger charge is -2.23. The van der Waals surface area contributed by atoms with E-state index in [-0.39, 0.29) is 11.8 Å². The number of amides is 4. The molecule has 0 radical (unpaired) electrons. The van der Waals surface area contributed by atoms with Gasteiger partial charge in [-0.3, -0.25) is 9.59 Å². The van der Waals surface area contributed by atoms with Crippen molar-refractivity contribution in [3.63, 3.8) is 0 Å². The van der Waals surface area contributed by atoms with Gasteiger partial charge in [0.1, 0.15) is 23.9 Å². The molecular weight excluding hydrogens is 372 g/mol. The first-order valence-corrected chi connectivity index (χ1v) is 10.1. The summed E-state index contributed by atoms with van der Waals surface area (Å²) in [4.78, 5) is 40.8. The molecule has 2 aliphatic rings. The lowest BCUT2D eigenvalue weighted by molar-refractivity contribution is -0.137. The molecule has 2 fully saturated rings. The van der Waals surface area contributed by atoms with Crippen LogP contribution in [-0.2, 0) is 16.1 Å². The zero-order valence-electron chi connectivity index (χ0n) is 17.4. The smallest absolute Gasteiger partial charge is 0.325 e. The molecule has 8 heteroatoms. The third kappa shape index (κ3) is 4.70. The second kappa shape index (κ2) is 8.82. The van der Waals surface area contributed by atoms with Crippen molar-refractivity contribution in [2.75, 3.05) is 27.2 Å². The fraction of sp³-hybridized carbons (Fsp3) is 0.571. The molecule has 0 aromatic heterocycles. The number of benzene rings is 1. The second-order valence-corrected chi connectivity index (χ2v) is 8.08. The van der Waals surface area contributed by atoms with Gasteiger partial charge >= 0.3 is 6.03 Å². The Labute approximate surface area is 171 Å². The molecule has 1 aromatic rings. The first-order chi connectivity index (χ1) is 13.8. The Morgan fingerprint density at radius 2 is 1.90 bits per heavy atom. The molecule has 1 heterocycles. The Morgan fingerprint density at radius 1 is 1.24 bits per heavy atom. The van der Waals surface area contributed by atoms with Crippen molar-refractivity contribution in [2.45, 2.75) is 50.7 Å². The number of carbonyl (C=O) groups excluding carboxylic acids is 3. The van der Waals surface area contributed by atoms with E-state index in [4.69, 9.17) is 4.74 Å². The van der Waals surface area contributed by atoms with E-state index in [1.54, 1.807) is 6.92 Å². The van der Waals surface area contributed by atoms with Gasteiger partial charge < -0.3 is 20.3 Å². The number of urea groups is 1. The van der Waals surface area contributed by atoms with Gasteiger partial charge in [-0.2, -0.15) is 0 Å². The molecule has 1 saturated heterocycles. The minimum absolute atomic E-state index is 0.276. The molecule has 1 aromatic carbocycles. The van der Waals surface area contributed by atoms with Crippen LogP contribution in [0.5, 0.6) is 5.75 Å². The number of hydrogen-bond acceptors (Lipinski definition) is 5. The summed E-state index contributed by atoms with van der Waals surface area (Å²) in [5, 5.41) is 5.62. The molecular formula is C21H30N4O4. The topological polar surface area (TPSA) is 91.0 Å². The molecule has 2 N–H and O–H groups in total. The van der Waals surface area contributed by atoms with Crippen LogP contribution in [0.1, 0.15) is 38.2 Å². The summed E-state index contributed by atoms with van der Waals surface area (Å²) < 4.78 is 5.65. The molecule has 1 atom stereocenters. The molecule has 8 nitrogen and oxygen atoms in total. The largest absolute Gasteiger partial charge is 0.492 e. The van der Waals surface area contributed by atoms with E-state index in [0.717, 1.165) is 35.6 Å². The highest BCUT2D eigenvalue weighted by Gasteiger charge is 2.54. The minimum atomic E-state index is -0.851. The number of carbonyl (C=O) groups is 3.